The summed E-state index contributed by atoms with van der Waals surface area (Å²) in [6.07, 6.45) is 0. The number of hydrogen-bond donors (Lipinski definition) is 1. The van der Waals surface area contributed by atoms with E-state index in [1.807, 2.05) is 19.1 Å². The van der Waals surface area contributed by atoms with Gasteiger partial charge in [0.05, 0.1) is 0 Å². The highest BCUT2D eigenvalue weighted by molar-refractivity contribution is 6.31. The van der Waals surface area contributed by atoms with Crippen molar-refractivity contribution in [2.24, 2.45) is 5.73 Å². The first kappa shape index (κ1) is 13.8. The Balaban J connectivity index is 2.17. The minimum atomic E-state index is -0.244. The van der Waals surface area contributed by atoms with Gasteiger partial charge in [0.25, 0.3) is 0 Å². The van der Waals surface area contributed by atoms with Crippen LogP contribution in [0.2, 0.25) is 5.02 Å². The molecular weight excluding hydrogens is 265 g/mol. The first-order valence-corrected chi connectivity index (χ1v) is 6.35. The van der Waals surface area contributed by atoms with Crippen LogP contribution in [0, 0.1) is 12.7 Å². The average molecular weight is 280 g/mol. The molecule has 0 amide bonds. The quantitative estimate of drug-likeness (QED) is 0.923. The lowest BCUT2D eigenvalue weighted by Gasteiger charge is -2.13. The number of nitrogens with two attached hydrogens (primary N) is 1. The van der Waals surface area contributed by atoms with Gasteiger partial charge in [-0.3, -0.25) is 0 Å². The summed E-state index contributed by atoms with van der Waals surface area (Å²) in [4.78, 5) is 0. The second-order valence-electron chi connectivity index (χ2n) is 4.28. The monoisotopic (exact) mass is 279 g/mol. The molecule has 0 atom stereocenters. The Kier molecular flexibility index (Phi) is 4.40. The van der Waals surface area contributed by atoms with Crippen molar-refractivity contribution in [3.63, 3.8) is 0 Å². The molecule has 0 aliphatic heterocycles. The van der Waals surface area contributed by atoms with Gasteiger partial charge < -0.3 is 10.5 Å². The minimum Gasteiger partial charge on any atom is -0.489 e. The number of benzene rings is 2. The molecule has 0 unspecified atom stereocenters. The Hall–Kier alpha value is -1.58. The van der Waals surface area contributed by atoms with Gasteiger partial charge in [-0.25, -0.2) is 4.39 Å². The summed E-state index contributed by atoms with van der Waals surface area (Å²) in [7, 11) is 0. The van der Waals surface area contributed by atoms with Crippen molar-refractivity contribution in [2.45, 2.75) is 20.1 Å². The highest BCUT2D eigenvalue weighted by atomic mass is 35.5. The zero-order valence-electron chi connectivity index (χ0n) is 10.6. The van der Waals surface area contributed by atoms with Crippen molar-refractivity contribution in [3.8, 4) is 5.75 Å². The maximum Gasteiger partial charge on any atom is 0.125 e. The van der Waals surface area contributed by atoms with Gasteiger partial charge in [-0.2, -0.15) is 0 Å². The lowest BCUT2D eigenvalue weighted by atomic mass is 10.1. The fourth-order valence-electron chi connectivity index (χ4n) is 1.85. The van der Waals surface area contributed by atoms with Gasteiger partial charge in [0, 0.05) is 17.1 Å². The predicted octanol–water partition coefficient (Wildman–Crippen LogP) is 3.83. The molecule has 0 fully saturated rings. The topological polar surface area (TPSA) is 35.2 Å². The number of hydrogen-bond acceptors (Lipinski definition) is 2. The summed E-state index contributed by atoms with van der Waals surface area (Å²) in [5.74, 6) is 0.422. The van der Waals surface area contributed by atoms with E-state index in [9.17, 15) is 4.39 Å². The average Bonchev–Trinajstić information content (AvgIpc) is 2.38. The normalized spacial score (nSPS) is 10.5. The van der Waals surface area contributed by atoms with E-state index in [2.05, 4.69) is 0 Å². The van der Waals surface area contributed by atoms with E-state index in [0.717, 1.165) is 16.7 Å². The third kappa shape index (κ3) is 3.25. The molecule has 0 radical (unpaired) electrons. The smallest absolute Gasteiger partial charge is 0.125 e. The predicted molar refractivity (Wildman–Crippen MR) is 74.8 cm³/mol. The molecule has 100 valence electrons. The molecule has 0 saturated carbocycles. The third-order valence-corrected chi connectivity index (χ3v) is 3.32. The standard InChI is InChI=1S/C15H15ClFNO/c1-10-7-12(17)6-5-11(10)9-19-15-4-2-3-14(16)13(15)8-18/h2-7H,8-9,18H2,1H3. The minimum absolute atomic E-state index is 0.244. The zero-order valence-corrected chi connectivity index (χ0v) is 11.4. The lowest BCUT2D eigenvalue weighted by molar-refractivity contribution is 0.302. The Morgan fingerprint density at radius 1 is 1.26 bits per heavy atom. The van der Waals surface area contributed by atoms with Crippen molar-refractivity contribution >= 4 is 11.6 Å². The third-order valence-electron chi connectivity index (χ3n) is 2.97. The fraction of sp³-hybridized carbons (Fsp3) is 0.200. The summed E-state index contributed by atoms with van der Waals surface area (Å²) in [6.45, 7) is 2.53. The summed E-state index contributed by atoms with van der Waals surface area (Å²) in [6, 6.07) is 10.0. The maximum atomic E-state index is 13.0. The largest absolute Gasteiger partial charge is 0.489 e. The molecule has 2 aromatic carbocycles. The Morgan fingerprint density at radius 3 is 2.74 bits per heavy atom. The van der Waals surface area contributed by atoms with Crippen molar-refractivity contribution < 1.29 is 9.13 Å². The molecule has 2 aromatic rings. The van der Waals surface area contributed by atoms with Crippen molar-refractivity contribution in [1.82, 2.24) is 0 Å². The van der Waals surface area contributed by atoms with E-state index in [1.165, 1.54) is 12.1 Å². The van der Waals surface area contributed by atoms with Crippen LogP contribution in [-0.4, -0.2) is 0 Å². The Morgan fingerprint density at radius 2 is 2.05 bits per heavy atom. The molecule has 4 heteroatoms. The summed E-state index contributed by atoms with van der Waals surface area (Å²) in [5.41, 5.74) is 8.23. The number of rotatable bonds is 4. The van der Waals surface area contributed by atoms with E-state index in [1.54, 1.807) is 12.1 Å². The Labute approximate surface area is 117 Å². The molecule has 19 heavy (non-hydrogen) atoms. The molecule has 2 nitrogen and oxygen atoms in total. The second kappa shape index (κ2) is 6.04. The molecule has 0 saturated heterocycles. The first-order valence-electron chi connectivity index (χ1n) is 5.97. The summed E-state index contributed by atoms with van der Waals surface area (Å²) < 4.78 is 18.7. The molecule has 0 aromatic heterocycles. The SMILES string of the molecule is Cc1cc(F)ccc1COc1cccc(Cl)c1CN. The van der Waals surface area contributed by atoms with Crippen LogP contribution in [0.15, 0.2) is 36.4 Å². The first-order chi connectivity index (χ1) is 9.11. The van der Waals surface area contributed by atoms with Crippen LogP contribution in [-0.2, 0) is 13.2 Å². The van der Waals surface area contributed by atoms with Gasteiger partial charge >= 0.3 is 0 Å². The van der Waals surface area contributed by atoms with Crippen LogP contribution in [0.5, 0.6) is 5.75 Å². The molecule has 2 N–H and O–H groups in total. The molecule has 0 heterocycles. The van der Waals surface area contributed by atoms with Gasteiger partial charge in [0.2, 0.25) is 0 Å². The van der Waals surface area contributed by atoms with Crippen LogP contribution in [0.4, 0.5) is 4.39 Å². The van der Waals surface area contributed by atoms with Gasteiger partial charge in [-0.15, -0.1) is 0 Å². The van der Waals surface area contributed by atoms with Gasteiger partial charge in [-0.05, 0) is 42.3 Å². The van der Waals surface area contributed by atoms with E-state index in [0.29, 0.717) is 23.9 Å². The zero-order chi connectivity index (χ0) is 13.8. The number of ether oxygens (including phenoxy) is 1. The second-order valence-corrected chi connectivity index (χ2v) is 4.69. The Bertz CT molecular complexity index is 586. The van der Waals surface area contributed by atoms with Gasteiger partial charge in [-0.1, -0.05) is 23.7 Å². The van der Waals surface area contributed by atoms with Crippen molar-refractivity contribution in [3.05, 3.63) is 63.9 Å². The number of halogens is 2. The molecule has 0 aliphatic carbocycles. The van der Waals surface area contributed by atoms with Gasteiger partial charge in [0.15, 0.2) is 0 Å². The van der Waals surface area contributed by atoms with Crippen LogP contribution >= 0.6 is 11.6 Å². The van der Waals surface area contributed by atoms with E-state index in [-0.39, 0.29) is 5.82 Å². The molecular formula is C15H15ClFNO. The van der Waals surface area contributed by atoms with Crippen molar-refractivity contribution in [2.75, 3.05) is 0 Å². The van der Waals surface area contributed by atoms with E-state index < -0.39 is 0 Å². The lowest BCUT2D eigenvalue weighted by Crippen LogP contribution is -2.04. The molecule has 0 bridgehead atoms. The van der Waals surface area contributed by atoms with Crippen LogP contribution in [0.1, 0.15) is 16.7 Å². The van der Waals surface area contributed by atoms with Crippen LogP contribution in [0.25, 0.3) is 0 Å². The molecule has 0 spiro atoms. The number of aryl methyl sites for hydroxylation is 1. The van der Waals surface area contributed by atoms with Crippen LogP contribution < -0.4 is 10.5 Å². The van der Waals surface area contributed by atoms with E-state index >= 15 is 0 Å². The molecule has 2 rings (SSSR count). The van der Waals surface area contributed by atoms with Crippen LogP contribution in [0.3, 0.4) is 0 Å². The van der Waals surface area contributed by atoms with Crippen molar-refractivity contribution in [1.29, 1.82) is 0 Å². The molecule has 0 aliphatic rings. The summed E-state index contributed by atoms with van der Waals surface area (Å²) in [5, 5.41) is 0.593. The van der Waals surface area contributed by atoms with Gasteiger partial charge in [0.1, 0.15) is 18.2 Å². The summed E-state index contributed by atoms with van der Waals surface area (Å²) >= 11 is 6.05. The fourth-order valence-corrected chi connectivity index (χ4v) is 2.09. The van der Waals surface area contributed by atoms with E-state index in [4.69, 9.17) is 22.1 Å². The highest BCUT2D eigenvalue weighted by Crippen LogP contribution is 2.26. The highest BCUT2D eigenvalue weighted by Gasteiger charge is 2.07. The maximum absolute atomic E-state index is 13.0.